The molecule has 0 aliphatic heterocycles. The molecule has 0 aliphatic rings. The van der Waals surface area contributed by atoms with E-state index >= 15 is 0 Å². The van der Waals surface area contributed by atoms with E-state index in [9.17, 15) is 5.11 Å². The van der Waals surface area contributed by atoms with Crippen molar-refractivity contribution in [3.8, 4) is 0 Å². The zero-order chi connectivity index (χ0) is 9.30. The molecule has 1 rings (SSSR count). The topological polar surface area (TPSA) is 36.4 Å². The van der Waals surface area contributed by atoms with Gasteiger partial charge in [-0.1, -0.05) is 11.3 Å². The van der Waals surface area contributed by atoms with Crippen molar-refractivity contribution in [2.24, 2.45) is 0 Å². The summed E-state index contributed by atoms with van der Waals surface area (Å²) in [6.45, 7) is 3.69. The molecular formula is C8H14N2OS. The number of rotatable bonds is 2. The summed E-state index contributed by atoms with van der Waals surface area (Å²) in [5.74, 6) is 0. The third-order valence-electron chi connectivity index (χ3n) is 1.58. The first-order valence-corrected chi connectivity index (χ1v) is 4.66. The minimum absolute atomic E-state index is 0.406. The fourth-order valence-electron chi connectivity index (χ4n) is 0.972. The molecule has 3 nitrogen and oxygen atoms in total. The van der Waals surface area contributed by atoms with Gasteiger partial charge in [-0.3, -0.25) is 0 Å². The SMILES string of the molecule is Cc1nc(N(C)C)sc1C(C)O. The Labute approximate surface area is 76.7 Å². The van der Waals surface area contributed by atoms with Gasteiger partial charge in [-0.05, 0) is 13.8 Å². The molecule has 4 heteroatoms. The minimum atomic E-state index is -0.406. The van der Waals surface area contributed by atoms with Gasteiger partial charge in [0, 0.05) is 14.1 Å². The van der Waals surface area contributed by atoms with Gasteiger partial charge < -0.3 is 10.0 Å². The summed E-state index contributed by atoms with van der Waals surface area (Å²) in [7, 11) is 3.90. The normalized spacial score (nSPS) is 13.1. The summed E-state index contributed by atoms with van der Waals surface area (Å²) in [5.41, 5.74) is 0.929. The minimum Gasteiger partial charge on any atom is -0.388 e. The van der Waals surface area contributed by atoms with Crippen molar-refractivity contribution in [2.45, 2.75) is 20.0 Å². The van der Waals surface area contributed by atoms with Crippen LogP contribution in [0.3, 0.4) is 0 Å². The molecule has 0 fully saturated rings. The monoisotopic (exact) mass is 186 g/mol. The number of hydrogen-bond acceptors (Lipinski definition) is 4. The standard InChI is InChI=1S/C8H14N2OS/c1-5-7(6(2)11)12-8(9-5)10(3)4/h6,11H,1-4H3. The number of aromatic nitrogens is 1. The van der Waals surface area contributed by atoms with E-state index in [0.717, 1.165) is 15.7 Å². The first kappa shape index (κ1) is 9.48. The fraction of sp³-hybridized carbons (Fsp3) is 0.625. The zero-order valence-electron chi connectivity index (χ0n) is 7.83. The predicted molar refractivity (Wildman–Crippen MR) is 51.8 cm³/mol. The van der Waals surface area contributed by atoms with Crippen molar-refractivity contribution in [1.29, 1.82) is 0 Å². The van der Waals surface area contributed by atoms with Crippen LogP contribution in [0.4, 0.5) is 5.13 Å². The van der Waals surface area contributed by atoms with Gasteiger partial charge in [0.2, 0.25) is 0 Å². The molecule has 0 bridgehead atoms. The van der Waals surface area contributed by atoms with Crippen molar-refractivity contribution in [2.75, 3.05) is 19.0 Å². The Kier molecular flexibility index (Phi) is 2.69. The van der Waals surface area contributed by atoms with E-state index in [0.29, 0.717) is 0 Å². The Morgan fingerprint density at radius 3 is 2.33 bits per heavy atom. The lowest BCUT2D eigenvalue weighted by molar-refractivity contribution is 0.202. The second-order valence-electron chi connectivity index (χ2n) is 3.02. The van der Waals surface area contributed by atoms with Gasteiger partial charge >= 0.3 is 0 Å². The molecule has 0 aromatic carbocycles. The summed E-state index contributed by atoms with van der Waals surface area (Å²) in [6, 6.07) is 0. The number of aliphatic hydroxyl groups is 1. The number of thiazole rings is 1. The third-order valence-corrected chi connectivity index (χ3v) is 3.08. The first-order chi connectivity index (χ1) is 5.52. The van der Waals surface area contributed by atoms with E-state index in [1.165, 1.54) is 0 Å². The molecule has 1 N–H and O–H groups in total. The van der Waals surface area contributed by atoms with Crippen molar-refractivity contribution in [3.05, 3.63) is 10.6 Å². The van der Waals surface area contributed by atoms with Gasteiger partial charge in [0.15, 0.2) is 5.13 Å². The van der Waals surface area contributed by atoms with Gasteiger partial charge in [-0.25, -0.2) is 4.98 Å². The Morgan fingerprint density at radius 1 is 1.50 bits per heavy atom. The van der Waals surface area contributed by atoms with E-state index in [-0.39, 0.29) is 0 Å². The van der Waals surface area contributed by atoms with E-state index in [2.05, 4.69) is 4.98 Å². The van der Waals surface area contributed by atoms with Gasteiger partial charge in [0.05, 0.1) is 16.7 Å². The molecule has 1 aromatic heterocycles. The molecular weight excluding hydrogens is 172 g/mol. The largest absolute Gasteiger partial charge is 0.388 e. The van der Waals surface area contributed by atoms with E-state index in [1.807, 2.05) is 25.9 Å². The van der Waals surface area contributed by atoms with Crippen LogP contribution in [0.25, 0.3) is 0 Å². The molecule has 1 atom stereocenters. The van der Waals surface area contributed by atoms with Crippen LogP contribution in [-0.2, 0) is 0 Å². The molecule has 0 saturated carbocycles. The smallest absolute Gasteiger partial charge is 0.185 e. The number of anilines is 1. The maximum Gasteiger partial charge on any atom is 0.185 e. The number of hydrogen-bond donors (Lipinski definition) is 1. The molecule has 1 unspecified atom stereocenters. The predicted octanol–water partition coefficient (Wildman–Crippen LogP) is 1.57. The molecule has 68 valence electrons. The highest BCUT2D eigenvalue weighted by molar-refractivity contribution is 7.15. The van der Waals surface area contributed by atoms with Gasteiger partial charge in [-0.2, -0.15) is 0 Å². The van der Waals surface area contributed by atoms with E-state index in [4.69, 9.17) is 0 Å². The van der Waals surface area contributed by atoms with Crippen LogP contribution in [0.2, 0.25) is 0 Å². The maximum absolute atomic E-state index is 9.35. The summed E-state index contributed by atoms with van der Waals surface area (Å²) >= 11 is 1.54. The molecule has 0 aliphatic carbocycles. The average molecular weight is 186 g/mol. The highest BCUT2D eigenvalue weighted by Gasteiger charge is 2.12. The zero-order valence-corrected chi connectivity index (χ0v) is 8.64. The average Bonchev–Trinajstić information content (AvgIpc) is 2.30. The van der Waals surface area contributed by atoms with Crippen LogP contribution in [0, 0.1) is 6.92 Å². The summed E-state index contributed by atoms with van der Waals surface area (Å²) in [4.78, 5) is 7.22. The molecule has 1 heterocycles. The third kappa shape index (κ3) is 1.76. The quantitative estimate of drug-likeness (QED) is 0.761. The molecule has 0 spiro atoms. The van der Waals surface area contributed by atoms with Gasteiger partial charge in [0.1, 0.15) is 0 Å². The number of aryl methyl sites for hydroxylation is 1. The van der Waals surface area contributed by atoms with Crippen molar-refractivity contribution < 1.29 is 5.11 Å². The molecule has 0 amide bonds. The fourth-order valence-corrected chi connectivity index (χ4v) is 1.90. The second kappa shape index (κ2) is 3.41. The molecule has 12 heavy (non-hydrogen) atoms. The van der Waals surface area contributed by atoms with E-state index in [1.54, 1.807) is 18.3 Å². The first-order valence-electron chi connectivity index (χ1n) is 3.85. The Morgan fingerprint density at radius 2 is 2.08 bits per heavy atom. The van der Waals surface area contributed by atoms with Crippen LogP contribution < -0.4 is 4.90 Å². The highest BCUT2D eigenvalue weighted by Crippen LogP contribution is 2.29. The van der Waals surface area contributed by atoms with Crippen molar-refractivity contribution in [1.82, 2.24) is 4.98 Å². The number of aliphatic hydroxyl groups excluding tert-OH is 1. The van der Waals surface area contributed by atoms with Crippen LogP contribution in [-0.4, -0.2) is 24.2 Å². The lowest BCUT2D eigenvalue weighted by Gasteiger charge is -2.05. The Bertz CT molecular complexity index is 268. The summed E-state index contributed by atoms with van der Waals surface area (Å²) in [5, 5.41) is 10.3. The second-order valence-corrected chi connectivity index (χ2v) is 4.03. The van der Waals surface area contributed by atoms with Gasteiger partial charge in [-0.15, -0.1) is 0 Å². The maximum atomic E-state index is 9.35. The van der Waals surface area contributed by atoms with Gasteiger partial charge in [0.25, 0.3) is 0 Å². The molecule has 0 radical (unpaired) electrons. The van der Waals surface area contributed by atoms with Crippen molar-refractivity contribution >= 4 is 16.5 Å². The Hall–Kier alpha value is -0.610. The lowest BCUT2D eigenvalue weighted by Crippen LogP contribution is -2.07. The molecule has 0 saturated heterocycles. The van der Waals surface area contributed by atoms with Crippen molar-refractivity contribution in [3.63, 3.8) is 0 Å². The lowest BCUT2D eigenvalue weighted by atomic mass is 10.3. The summed E-state index contributed by atoms with van der Waals surface area (Å²) < 4.78 is 0. The van der Waals surface area contributed by atoms with Crippen LogP contribution in [0.15, 0.2) is 0 Å². The van der Waals surface area contributed by atoms with Crippen LogP contribution in [0.5, 0.6) is 0 Å². The summed E-state index contributed by atoms with van der Waals surface area (Å²) in [6.07, 6.45) is -0.406. The Balaban J connectivity index is 3.00. The van der Waals surface area contributed by atoms with Crippen LogP contribution >= 0.6 is 11.3 Å². The highest BCUT2D eigenvalue weighted by atomic mass is 32.1. The molecule has 1 aromatic rings. The van der Waals surface area contributed by atoms with E-state index < -0.39 is 6.10 Å². The number of nitrogens with zero attached hydrogens (tertiary/aromatic N) is 2. The van der Waals surface area contributed by atoms with Crippen LogP contribution in [0.1, 0.15) is 23.6 Å².